The Hall–Kier alpha value is -2.97. The Morgan fingerprint density at radius 3 is 2.19 bits per heavy atom. The number of rotatable bonds is 2. The zero-order chi connectivity index (χ0) is 18.4. The van der Waals surface area contributed by atoms with Gasteiger partial charge in [-0.1, -0.05) is 79.8 Å². The van der Waals surface area contributed by atoms with Crippen molar-refractivity contribution < 1.29 is 0 Å². The third-order valence-electron chi connectivity index (χ3n) is 5.74. The summed E-state index contributed by atoms with van der Waals surface area (Å²) in [7, 11) is -1.64. The first-order chi connectivity index (χ1) is 13.1. The summed E-state index contributed by atoms with van der Waals surface area (Å²) in [5.74, 6) is 0. The molecule has 0 aliphatic carbocycles. The molecule has 130 valence electrons. The predicted octanol–water partition coefficient (Wildman–Crippen LogP) is 5.22. The number of benzene rings is 3. The van der Waals surface area contributed by atoms with Crippen molar-refractivity contribution in [2.75, 3.05) is 0 Å². The van der Waals surface area contributed by atoms with Crippen LogP contribution in [0.25, 0.3) is 33.5 Å². The van der Waals surface area contributed by atoms with Crippen LogP contribution in [0, 0.1) is 0 Å². The van der Waals surface area contributed by atoms with E-state index >= 15 is 0 Å². The number of aromatic nitrogens is 1. The minimum atomic E-state index is -1.64. The highest BCUT2D eigenvalue weighted by Crippen LogP contribution is 2.32. The number of fused-ring (bicyclic) bond motifs is 3. The summed E-state index contributed by atoms with van der Waals surface area (Å²) < 4.78 is 0. The van der Waals surface area contributed by atoms with Gasteiger partial charge in [-0.25, -0.2) is 0 Å². The van der Waals surface area contributed by atoms with Gasteiger partial charge >= 0.3 is 0 Å². The molecular formula is C25H21NSi. The number of pyridine rings is 1. The highest BCUT2D eigenvalue weighted by molar-refractivity contribution is 7.03. The number of hydrogen-bond acceptors (Lipinski definition) is 1. The zero-order valence-corrected chi connectivity index (χ0v) is 16.6. The van der Waals surface area contributed by atoms with E-state index < -0.39 is 8.07 Å². The van der Waals surface area contributed by atoms with E-state index in [-0.39, 0.29) is 0 Å². The summed E-state index contributed by atoms with van der Waals surface area (Å²) in [5.41, 5.74) is 7.57. The minimum absolute atomic E-state index is 1.02. The molecule has 27 heavy (non-hydrogen) atoms. The lowest BCUT2D eigenvalue weighted by Gasteiger charge is -2.19. The van der Waals surface area contributed by atoms with Gasteiger partial charge in [-0.3, -0.25) is 4.98 Å². The van der Waals surface area contributed by atoms with Crippen molar-refractivity contribution in [2.24, 2.45) is 0 Å². The fourth-order valence-electron chi connectivity index (χ4n) is 4.28. The van der Waals surface area contributed by atoms with Crippen LogP contribution >= 0.6 is 0 Å². The van der Waals surface area contributed by atoms with Crippen LogP contribution in [0.2, 0.25) is 13.1 Å². The molecule has 0 bridgehead atoms. The van der Waals surface area contributed by atoms with Crippen LogP contribution in [0.15, 0.2) is 91.1 Å². The summed E-state index contributed by atoms with van der Waals surface area (Å²) in [4.78, 5) is 4.50. The van der Waals surface area contributed by atoms with Gasteiger partial charge in [0.1, 0.15) is 8.07 Å². The molecule has 0 saturated heterocycles. The fourth-order valence-corrected chi connectivity index (χ4v) is 7.38. The lowest BCUT2D eigenvalue weighted by molar-refractivity contribution is 1.33. The van der Waals surface area contributed by atoms with E-state index in [1.165, 1.54) is 22.3 Å². The molecule has 0 N–H and O–H groups in total. The summed E-state index contributed by atoms with van der Waals surface area (Å²) in [6.45, 7) is 4.93. The molecule has 0 radical (unpaired) electrons. The Bertz CT molecular complexity index is 1150. The molecular weight excluding hydrogens is 342 g/mol. The second-order valence-electron chi connectivity index (χ2n) is 7.73. The lowest BCUT2D eigenvalue weighted by Crippen LogP contribution is -2.49. The van der Waals surface area contributed by atoms with E-state index in [0.29, 0.717) is 0 Å². The number of hydrogen-bond donors (Lipinski definition) is 0. The van der Waals surface area contributed by atoms with Crippen molar-refractivity contribution in [3.8, 4) is 33.5 Å². The summed E-state index contributed by atoms with van der Waals surface area (Å²) in [6, 6.07) is 30.7. The molecule has 0 fully saturated rings. The van der Waals surface area contributed by atoms with Crippen molar-refractivity contribution in [2.45, 2.75) is 13.1 Å². The second kappa shape index (κ2) is 6.03. The normalized spacial score (nSPS) is 13.9. The first kappa shape index (κ1) is 16.2. The highest BCUT2D eigenvalue weighted by Gasteiger charge is 2.37. The highest BCUT2D eigenvalue weighted by atomic mass is 28.3. The van der Waals surface area contributed by atoms with Crippen LogP contribution in [-0.4, -0.2) is 13.1 Å². The van der Waals surface area contributed by atoms with E-state index in [1.54, 1.807) is 10.4 Å². The van der Waals surface area contributed by atoms with Crippen molar-refractivity contribution in [1.29, 1.82) is 0 Å². The molecule has 1 nitrogen and oxygen atoms in total. The van der Waals surface area contributed by atoms with Crippen LogP contribution in [0.5, 0.6) is 0 Å². The molecule has 1 aliphatic heterocycles. The van der Waals surface area contributed by atoms with Gasteiger partial charge in [0, 0.05) is 11.8 Å². The zero-order valence-electron chi connectivity index (χ0n) is 15.6. The molecule has 5 rings (SSSR count). The number of nitrogens with zero attached hydrogens (tertiary/aromatic N) is 1. The molecule has 2 heterocycles. The van der Waals surface area contributed by atoms with E-state index in [2.05, 4.69) is 90.9 Å². The maximum Gasteiger partial charge on any atom is 0.113 e. The quantitative estimate of drug-likeness (QED) is 0.445. The minimum Gasteiger partial charge on any atom is -0.256 e. The third kappa shape index (κ3) is 2.56. The Morgan fingerprint density at radius 1 is 0.593 bits per heavy atom. The summed E-state index contributed by atoms with van der Waals surface area (Å²) in [6.07, 6.45) is 1.85. The average molecular weight is 364 g/mol. The summed E-state index contributed by atoms with van der Waals surface area (Å²) in [5, 5.41) is 3.10. The van der Waals surface area contributed by atoms with Gasteiger partial charge < -0.3 is 0 Å². The smallest absolute Gasteiger partial charge is 0.113 e. The van der Waals surface area contributed by atoms with Gasteiger partial charge in [0.15, 0.2) is 0 Å². The Kier molecular flexibility index (Phi) is 3.63. The molecule has 4 aromatic rings. The predicted molar refractivity (Wildman–Crippen MR) is 117 cm³/mol. The van der Waals surface area contributed by atoms with E-state index in [1.807, 2.05) is 18.3 Å². The van der Waals surface area contributed by atoms with Crippen molar-refractivity contribution in [3.05, 3.63) is 91.1 Å². The molecule has 1 aromatic heterocycles. The van der Waals surface area contributed by atoms with Crippen LogP contribution in [-0.2, 0) is 0 Å². The fraction of sp³-hybridized carbons (Fsp3) is 0.0800. The first-order valence-electron chi connectivity index (χ1n) is 9.41. The Balaban J connectivity index is 1.63. The van der Waals surface area contributed by atoms with Crippen LogP contribution < -0.4 is 10.4 Å². The Morgan fingerprint density at radius 2 is 1.33 bits per heavy atom. The van der Waals surface area contributed by atoms with Gasteiger partial charge in [-0.05, 0) is 50.8 Å². The second-order valence-corrected chi connectivity index (χ2v) is 12.1. The van der Waals surface area contributed by atoms with E-state index in [9.17, 15) is 0 Å². The van der Waals surface area contributed by atoms with Crippen molar-refractivity contribution >= 4 is 18.4 Å². The SMILES string of the molecule is C[Si]1(C)c2ccccc2-c2ccc(-c3cccc(-c4ccccn4)c3)cc21. The van der Waals surface area contributed by atoms with Gasteiger partial charge in [-0.2, -0.15) is 0 Å². The first-order valence-corrected chi connectivity index (χ1v) is 12.4. The van der Waals surface area contributed by atoms with Gasteiger partial charge in [0.05, 0.1) is 5.69 Å². The molecule has 2 heteroatoms. The topological polar surface area (TPSA) is 12.9 Å². The Labute approximate surface area is 161 Å². The maximum absolute atomic E-state index is 4.50. The molecule has 0 unspecified atom stereocenters. The maximum atomic E-state index is 4.50. The molecule has 0 amide bonds. The summed E-state index contributed by atoms with van der Waals surface area (Å²) >= 11 is 0. The molecule has 0 spiro atoms. The molecule has 1 aliphatic rings. The van der Waals surface area contributed by atoms with Crippen LogP contribution in [0.1, 0.15) is 0 Å². The van der Waals surface area contributed by atoms with E-state index in [4.69, 9.17) is 0 Å². The molecule has 0 atom stereocenters. The van der Waals surface area contributed by atoms with Gasteiger partial charge in [0.25, 0.3) is 0 Å². The van der Waals surface area contributed by atoms with Crippen LogP contribution in [0.3, 0.4) is 0 Å². The lowest BCUT2D eigenvalue weighted by atomic mass is 9.98. The third-order valence-corrected chi connectivity index (χ3v) is 9.28. The largest absolute Gasteiger partial charge is 0.256 e. The average Bonchev–Trinajstić information content (AvgIpc) is 2.96. The standard InChI is InChI=1S/C25H21NSi/c1-27(2)24-12-4-3-10-21(24)22-14-13-19(17-25(22)27)18-8-7-9-20(16-18)23-11-5-6-15-26-23/h3-17H,1-2H3. The van der Waals surface area contributed by atoms with Crippen molar-refractivity contribution in [3.63, 3.8) is 0 Å². The van der Waals surface area contributed by atoms with Gasteiger partial charge in [0.2, 0.25) is 0 Å². The molecule has 0 saturated carbocycles. The van der Waals surface area contributed by atoms with Crippen molar-refractivity contribution in [1.82, 2.24) is 4.98 Å². The molecule has 3 aromatic carbocycles. The monoisotopic (exact) mass is 363 g/mol. The van der Waals surface area contributed by atoms with Crippen LogP contribution in [0.4, 0.5) is 0 Å². The van der Waals surface area contributed by atoms with E-state index in [0.717, 1.165) is 11.3 Å². The van der Waals surface area contributed by atoms with Gasteiger partial charge in [-0.15, -0.1) is 0 Å².